The lowest BCUT2D eigenvalue weighted by Gasteiger charge is -2.04. The van der Waals surface area contributed by atoms with Crippen LogP contribution in [0, 0.1) is 20.8 Å². The highest BCUT2D eigenvalue weighted by atomic mass is 15.2. The van der Waals surface area contributed by atoms with E-state index in [1.54, 1.807) is 0 Å². The number of hydrogen-bond acceptors (Lipinski definition) is 0. The third-order valence-corrected chi connectivity index (χ3v) is 4.97. The van der Waals surface area contributed by atoms with E-state index in [1.165, 1.54) is 39.7 Å². The van der Waals surface area contributed by atoms with Crippen LogP contribution in [0.3, 0.4) is 0 Å². The van der Waals surface area contributed by atoms with Gasteiger partial charge in [-0.25, -0.2) is 0 Å². The SMILES string of the molecule is Cc1ccccc1-[n+]1c(C)c(-c2ccccc2)n(-c2ccccc2)c1C. The van der Waals surface area contributed by atoms with E-state index in [1.807, 2.05) is 0 Å². The van der Waals surface area contributed by atoms with E-state index in [2.05, 4.69) is 115 Å². The molecule has 0 N–H and O–H groups in total. The molecule has 0 radical (unpaired) electrons. The zero-order chi connectivity index (χ0) is 18.1. The molecular formula is C24H23N2+. The minimum absolute atomic E-state index is 1.18. The van der Waals surface area contributed by atoms with Gasteiger partial charge in [-0.3, -0.25) is 0 Å². The molecule has 4 rings (SSSR count). The smallest absolute Gasteiger partial charge is 0.196 e. The fraction of sp³-hybridized carbons (Fsp3) is 0.125. The predicted molar refractivity (Wildman–Crippen MR) is 107 cm³/mol. The molecule has 0 spiro atoms. The third-order valence-electron chi connectivity index (χ3n) is 4.97. The van der Waals surface area contributed by atoms with E-state index < -0.39 is 0 Å². The molecule has 2 heteroatoms. The number of hydrogen-bond donors (Lipinski definition) is 0. The van der Waals surface area contributed by atoms with Crippen LogP contribution in [0.2, 0.25) is 0 Å². The van der Waals surface area contributed by atoms with Crippen molar-refractivity contribution in [2.24, 2.45) is 0 Å². The van der Waals surface area contributed by atoms with Gasteiger partial charge in [-0.15, -0.1) is 0 Å². The summed E-state index contributed by atoms with van der Waals surface area (Å²) in [5, 5.41) is 0. The molecular weight excluding hydrogens is 316 g/mol. The van der Waals surface area contributed by atoms with Gasteiger partial charge in [0, 0.05) is 19.4 Å². The van der Waals surface area contributed by atoms with Crippen LogP contribution in [0.4, 0.5) is 0 Å². The molecule has 128 valence electrons. The van der Waals surface area contributed by atoms with Gasteiger partial charge >= 0.3 is 0 Å². The molecule has 0 aliphatic carbocycles. The maximum absolute atomic E-state index is 2.37. The van der Waals surface area contributed by atoms with Gasteiger partial charge in [0.2, 0.25) is 0 Å². The Morgan fingerprint density at radius 2 is 1.23 bits per heavy atom. The largest absolute Gasteiger partial charge is 0.264 e. The van der Waals surface area contributed by atoms with Gasteiger partial charge in [-0.05, 0) is 30.7 Å². The van der Waals surface area contributed by atoms with Gasteiger partial charge in [-0.2, -0.15) is 9.13 Å². The van der Waals surface area contributed by atoms with Gasteiger partial charge in [0.1, 0.15) is 11.4 Å². The first-order valence-electron chi connectivity index (χ1n) is 8.99. The molecule has 0 aliphatic heterocycles. The predicted octanol–water partition coefficient (Wildman–Crippen LogP) is 5.35. The van der Waals surface area contributed by atoms with Crippen LogP contribution < -0.4 is 4.57 Å². The van der Waals surface area contributed by atoms with Gasteiger partial charge in [-0.1, -0.05) is 66.7 Å². The molecule has 0 bridgehead atoms. The van der Waals surface area contributed by atoms with Gasteiger partial charge in [0.15, 0.2) is 11.4 Å². The minimum Gasteiger partial charge on any atom is -0.196 e. The van der Waals surface area contributed by atoms with E-state index in [0.717, 1.165) is 0 Å². The number of nitrogens with zero attached hydrogens (tertiary/aromatic N) is 2. The summed E-state index contributed by atoms with van der Waals surface area (Å²) in [7, 11) is 0. The quantitative estimate of drug-likeness (QED) is 0.445. The van der Waals surface area contributed by atoms with E-state index in [4.69, 9.17) is 0 Å². The number of rotatable bonds is 3. The monoisotopic (exact) mass is 339 g/mol. The lowest BCUT2D eigenvalue weighted by atomic mass is 10.1. The zero-order valence-electron chi connectivity index (χ0n) is 15.5. The standard InChI is InChI=1S/C24H23N2/c1-18-12-10-11-17-23(18)25-19(2)24(21-13-6-4-7-14-21)26(20(25)3)22-15-8-5-9-16-22/h4-17H,1-3H3/q+1. The molecule has 26 heavy (non-hydrogen) atoms. The van der Waals surface area contributed by atoms with Crippen LogP contribution >= 0.6 is 0 Å². The third kappa shape index (κ3) is 2.64. The number of aromatic nitrogens is 2. The highest BCUT2D eigenvalue weighted by Crippen LogP contribution is 2.28. The van der Waals surface area contributed by atoms with Crippen molar-refractivity contribution in [1.29, 1.82) is 0 Å². The Kier molecular flexibility index (Phi) is 4.18. The van der Waals surface area contributed by atoms with Crippen LogP contribution in [-0.4, -0.2) is 4.57 Å². The second-order valence-electron chi connectivity index (χ2n) is 6.64. The molecule has 0 amide bonds. The summed E-state index contributed by atoms with van der Waals surface area (Å²) in [6, 6.07) is 29.8. The van der Waals surface area contributed by atoms with Crippen molar-refractivity contribution in [3.63, 3.8) is 0 Å². The average molecular weight is 339 g/mol. The summed E-state index contributed by atoms with van der Waals surface area (Å²) in [5.74, 6) is 1.20. The van der Waals surface area contributed by atoms with Crippen LogP contribution in [0.15, 0.2) is 84.9 Å². The molecule has 1 heterocycles. The normalized spacial score (nSPS) is 10.9. The molecule has 4 aromatic rings. The molecule has 0 fully saturated rings. The molecule has 0 unspecified atom stereocenters. The molecule has 0 saturated heterocycles. The summed E-state index contributed by atoms with van der Waals surface area (Å²) < 4.78 is 4.72. The Bertz CT molecular complexity index is 982. The van der Waals surface area contributed by atoms with Crippen molar-refractivity contribution in [2.75, 3.05) is 0 Å². The van der Waals surface area contributed by atoms with Crippen LogP contribution in [0.5, 0.6) is 0 Å². The fourth-order valence-electron chi connectivity index (χ4n) is 3.77. The highest BCUT2D eigenvalue weighted by molar-refractivity contribution is 5.64. The van der Waals surface area contributed by atoms with Crippen molar-refractivity contribution in [1.82, 2.24) is 4.57 Å². The molecule has 0 atom stereocenters. The molecule has 0 saturated carbocycles. The van der Waals surface area contributed by atoms with Crippen LogP contribution in [-0.2, 0) is 0 Å². The van der Waals surface area contributed by atoms with Crippen molar-refractivity contribution in [2.45, 2.75) is 20.8 Å². The highest BCUT2D eigenvalue weighted by Gasteiger charge is 2.29. The maximum Gasteiger partial charge on any atom is 0.264 e. The average Bonchev–Trinajstić information content (AvgIpc) is 2.94. The number of para-hydroxylation sites is 2. The Labute approximate surface area is 155 Å². The first-order chi connectivity index (χ1) is 12.7. The van der Waals surface area contributed by atoms with Crippen molar-refractivity contribution < 1.29 is 4.57 Å². The fourth-order valence-corrected chi connectivity index (χ4v) is 3.77. The Hall–Kier alpha value is -3.13. The number of aryl methyl sites for hydroxylation is 1. The second kappa shape index (κ2) is 6.64. The van der Waals surface area contributed by atoms with Crippen molar-refractivity contribution in [3.05, 3.63) is 102 Å². The van der Waals surface area contributed by atoms with Crippen molar-refractivity contribution in [3.8, 4) is 22.6 Å². The van der Waals surface area contributed by atoms with E-state index in [-0.39, 0.29) is 0 Å². The van der Waals surface area contributed by atoms with Gasteiger partial charge < -0.3 is 0 Å². The minimum atomic E-state index is 1.18. The first kappa shape index (κ1) is 16.3. The summed E-state index contributed by atoms with van der Waals surface area (Å²) >= 11 is 0. The topological polar surface area (TPSA) is 8.81 Å². The Morgan fingerprint density at radius 1 is 0.654 bits per heavy atom. The summed E-state index contributed by atoms with van der Waals surface area (Å²) in [5.41, 5.74) is 7.39. The zero-order valence-corrected chi connectivity index (χ0v) is 15.5. The van der Waals surface area contributed by atoms with Crippen molar-refractivity contribution >= 4 is 0 Å². The lowest BCUT2D eigenvalue weighted by molar-refractivity contribution is -0.608. The molecule has 2 nitrogen and oxygen atoms in total. The van der Waals surface area contributed by atoms with E-state index >= 15 is 0 Å². The molecule has 1 aromatic heterocycles. The number of benzene rings is 3. The molecule has 3 aromatic carbocycles. The van der Waals surface area contributed by atoms with E-state index in [9.17, 15) is 0 Å². The molecule has 0 aliphatic rings. The Morgan fingerprint density at radius 3 is 1.88 bits per heavy atom. The van der Waals surface area contributed by atoms with E-state index in [0.29, 0.717) is 0 Å². The first-order valence-corrected chi connectivity index (χ1v) is 8.99. The summed E-state index contributed by atoms with van der Waals surface area (Å²) in [6.45, 7) is 6.57. The van der Waals surface area contributed by atoms with Crippen LogP contribution in [0.1, 0.15) is 17.1 Å². The number of imidazole rings is 1. The van der Waals surface area contributed by atoms with Gasteiger partial charge in [0.25, 0.3) is 5.82 Å². The van der Waals surface area contributed by atoms with Gasteiger partial charge in [0.05, 0.1) is 0 Å². The summed E-state index contributed by atoms with van der Waals surface area (Å²) in [4.78, 5) is 0. The maximum atomic E-state index is 2.37. The summed E-state index contributed by atoms with van der Waals surface area (Å²) in [6.07, 6.45) is 0. The lowest BCUT2D eigenvalue weighted by Crippen LogP contribution is -2.36. The van der Waals surface area contributed by atoms with Crippen LogP contribution in [0.25, 0.3) is 22.6 Å². The second-order valence-corrected chi connectivity index (χ2v) is 6.64. The Balaban J connectivity index is 2.08.